The Morgan fingerprint density at radius 1 is 0.960 bits per heavy atom. The van der Waals surface area contributed by atoms with E-state index in [0.717, 1.165) is 17.1 Å². The van der Waals surface area contributed by atoms with Gasteiger partial charge in [-0.1, -0.05) is 0 Å². The minimum absolute atomic E-state index is 0.284. The van der Waals surface area contributed by atoms with Crippen LogP contribution in [0.5, 0.6) is 5.75 Å². The molecule has 0 bridgehead atoms. The highest BCUT2D eigenvalue weighted by atomic mass is 19.1. The summed E-state index contributed by atoms with van der Waals surface area (Å²) >= 11 is 0. The lowest BCUT2D eigenvalue weighted by molar-refractivity contribution is 0.0734. The van der Waals surface area contributed by atoms with Crippen molar-refractivity contribution in [3.05, 3.63) is 77.4 Å². The lowest BCUT2D eigenvalue weighted by atomic mass is 10.2. The van der Waals surface area contributed by atoms with Gasteiger partial charge in [0.1, 0.15) is 11.6 Å². The maximum absolute atomic E-state index is 12.9. The van der Waals surface area contributed by atoms with Crippen molar-refractivity contribution in [3.8, 4) is 5.75 Å². The van der Waals surface area contributed by atoms with Gasteiger partial charge in [0.2, 0.25) is 5.95 Å². The second-order valence-electron chi connectivity index (χ2n) is 5.52. The Morgan fingerprint density at radius 3 is 2.16 bits per heavy atom. The predicted molar refractivity (Wildman–Crippen MR) is 92.6 cm³/mol. The molecule has 126 valence electrons. The number of nitrogens with one attached hydrogen (secondary N) is 1. The van der Waals surface area contributed by atoms with E-state index in [-0.39, 0.29) is 5.56 Å². The Labute approximate surface area is 144 Å². The van der Waals surface area contributed by atoms with Gasteiger partial charge < -0.3 is 10.1 Å². The molecule has 0 spiro atoms. The first-order valence-electron chi connectivity index (χ1n) is 7.67. The lowest BCUT2D eigenvalue weighted by Crippen LogP contribution is -2.08. The molecule has 25 heavy (non-hydrogen) atoms. The number of ether oxygens (including phenoxy) is 1. The van der Waals surface area contributed by atoms with Gasteiger partial charge in [-0.05, 0) is 68.4 Å². The van der Waals surface area contributed by atoms with Crippen LogP contribution in [0, 0.1) is 19.7 Å². The van der Waals surface area contributed by atoms with Gasteiger partial charge >= 0.3 is 5.97 Å². The molecule has 0 saturated carbocycles. The molecule has 0 radical (unpaired) electrons. The number of hydrogen-bond acceptors (Lipinski definition) is 5. The van der Waals surface area contributed by atoms with Crippen molar-refractivity contribution < 1.29 is 13.9 Å². The van der Waals surface area contributed by atoms with Crippen LogP contribution in [-0.2, 0) is 0 Å². The average molecular weight is 337 g/mol. The summed E-state index contributed by atoms with van der Waals surface area (Å²) in [7, 11) is 0. The van der Waals surface area contributed by atoms with Gasteiger partial charge in [0.05, 0.1) is 5.56 Å². The van der Waals surface area contributed by atoms with Gasteiger partial charge in [-0.2, -0.15) is 0 Å². The summed E-state index contributed by atoms with van der Waals surface area (Å²) in [6.45, 7) is 3.80. The third kappa shape index (κ3) is 4.38. The molecule has 1 heterocycles. The van der Waals surface area contributed by atoms with Crippen LogP contribution in [0.3, 0.4) is 0 Å². The Balaban J connectivity index is 1.67. The molecule has 5 nitrogen and oxygen atoms in total. The number of hydrogen-bond donors (Lipinski definition) is 1. The minimum atomic E-state index is -0.543. The molecular formula is C19H16FN3O2. The van der Waals surface area contributed by atoms with Crippen LogP contribution in [-0.4, -0.2) is 15.9 Å². The Kier molecular flexibility index (Phi) is 4.70. The van der Waals surface area contributed by atoms with E-state index in [1.807, 2.05) is 19.9 Å². The number of carbonyl (C=O) groups excluding carboxylic acids is 1. The zero-order valence-electron chi connectivity index (χ0n) is 13.8. The molecule has 0 aliphatic heterocycles. The molecule has 0 unspecified atom stereocenters. The number of aromatic nitrogens is 2. The third-order valence-corrected chi connectivity index (χ3v) is 3.38. The molecule has 0 aliphatic carbocycles. The number of carbonyl (C=O) groups is 1. The molecule has 0 amide bonds. The SMILES string of the molecule is Cc1cc(C)nc(Nc2ccc(OC(=O)c3ccc(F)cc3)cc2)n1. The number of halogens is 1. The molecule has 3 aromatic rings. The van der Waals surface area contributed by atoms with Gasteiger partial charge in [-0.3, -0.25) is 0 Å². The highest BCUT2D eigenvalue weighted by molar-refractivity contribution is 5.91. The highest BCUT2D eigenvalue weighted by Crippen LogP contribution is 2.19. The smallest absolute Gasteiger partial charge is 0.343 e. The maximum atomic E-state index is 12.9. The summed E-state index contributed by atoms with van der Waals surface area (Å²) in [4.78, 5) is 20.6. The first kappa shape index (κ1) is 16.6. The number of nitrogens with zero attached hydrogens (tertiary/aromatic N) is 2. The van der Waals surface area contributed by atoms with E-state index >= 15 is 0 Å². The monoisotopic (exact) mass is 337 g/mol. The average Bonchev–Trinajstić information content (AvgIpc) is 2.56. The molecule has 2 aromatic carbocycles. The fraction of sp³-hybridized carbons (Fsp3) is 0.105. The molecule has 3 rings (SSSR count). The van der Waals surface area contributed by atoms with Gasteiger partial charge in [0, 0.05) is 17.1 Å². The summed E-state index contributed by atoms with van der Waals surface area (Å²) in [6.07, 6.45) is 0. The van der Waals surface area contributed by atoms with Crippen LogP contribution < -0.4 is 10.1 Å². The van der Waals surface area contributed by atoms with E-state index < -0.39 is 11.8 Å². The van der Waals surface area contributed by atoms with Crippen molar-refractivity contribution in [1.82, 2.24) is 9.97 Å². The topological polar surface area (TPSA) is 64.1 Å². The van der Waals surface area contributed by atoms with E-state index in [0.29, 0.717) is 11.7 Å². The Morgan fingerprint density at radius 2 is 1.56 bits per heavy atom. The Bertz CT molecular complexity index is 873. The number of rotatable bonds is 4. The first-order valence-corrected chi connectivity index (χ1v) is 7.67. The minimum Gasteiger partial charge on any atom is -0.423 e. The largest absolute Gasteiger partial charge is 0.423 e. The van der Waals surface area contributed by atoms with Crippen molar-refractivity contribution >= 4 is 17.6 Å². The van der Waals surface area contributed by atoms with E-state index in [4.69, 9.17) is 4.74 Å². The molecule has 1 aromatic heterocycles. The second-order valence-corrected chi connectivity index (χ2v) is 5.52. The fourth-order valence-corrected chi connectivity index (χ4v) is 2.27. The van der Waals surface area contributed by atoms with E-state index in [9.17, 15) is 9.18 Å². The number of aryl methyl sites for hydroxylation is 2. The standard InChI is InChI=1S/C19H16FN3O2/c1-12-11-13(2)22-19(21-12)23-16-7-9-17(10-8-16)25-18(24)14-3-5-15(20)6-4-14/h3-11H,1-2H3,(H,21,22,23). The van der Waals surface area contributed by atoms with E-state index in [1.54, 1.807) is 24.3 Å². The van der Waals surface area contributed by atoms with Crippen LogP contribution in [0.2, 0.25) is 0 Å². The molecule has 1 N–H and O–H groups in total. The summed E-state index contributed by atoms with van der Waals surface area (Å²) < 4.78 is 18.1. The number of benzene rings is 2. The van der Waals surface area contributed by atoms with Crippen LogP contribution in [0.4, 0.5) is 16.0 Å². The summed E-state index contributed by atoms with van der Waals surface area (Å²) in [6, 6.07) is 13.9. The van der Waals surface area contributed by atoms with Crippen molar-refractivity contribution in [1.29, 1.82) is 0 Å². The normalized spacial score (nSPS) is 10.4. The zero-order valence-corrected chi connectivity index (χ0v) is 13.8. The molecule has 0 saturated heterocycles. The van der Waals surface area contributed by atoms with Crippen molar-refractivity contribution in [2.24, 2.45) is 0 Å². The van der Waals surface area contributed by atoms with Crippen LogP contribution in [0.25, 0.3) is 0 Å². The molecular weight excluding hydrogens is 321 g/mol. The number of esters is 1. The first-order chi connectivity index (χ1) is 12.0. The van der Waals surface area contributed by atoms with Crippen LogP contribution in [0.1, 0.15) is 21.7 Å². The van der Waals surface area contributed by atoms with Crippen molar-refractivity contribution in [2.75, 3.05) is 5.32 Å². The van der Waals surface area contributed by atoms with Crippen molar-refractivity contribution in [3.63, 3.8) is 0 Å². The van der Waals surface area contributed by atoms with Gasteiger partial charge in [0.15, 0.2) is 0 Å². The fourth-order valence-electron chi connectivity index (χ4n) is 2.27. The molecule has 0 fully saturated rings. The van der Waals surface area contributed by atoms with Gasteiger partial charge in [0.25, 0.3) is 0 Å². The van der Waals surface area contributed by atoms with Gasteiger partial charge in [-0.15, -0.1) is 0 Å². The summed E-state index contributed by atoms with van der Waals surface area (Å²) in [5, 5.41) is 3.10. The highest BCUT2D eigenvalue weighted by Gasteiger charge is 2.09. The van der Waals surface area contributed by atoms with E-state index in [2.05, 4.69) is 15.3 Å². The van der Waals surface area contributed by atoms with Gasteiger partial charge in [-0.25, -0.2) is 19.2 Å². The van der Waals surface area contributed by atoms with E-state index in [1.165, 1.54) is 24.3 Å². The molecule has 0 atom stereocenters. The predicted octanol–water partition coefficient (Wildman–Crippen LogP) is 4.20. The van der Waals surface area contributed by atoms with Crippen LogP contribution >= 0.6 is 0 Å². The lowest BCUT2D eigenvalue weighted by Gasteiger charge is -2.08. The second kappa shape index (κ2) is 7.09. The zero-order chi connectivity index (χ0) is 17.8. The molecule has 0 aliphatic rings. The molecule has 6 heteroatoms. The number of anilines is 2. The van der Waals surface area contributed by atoms with Crippen molar-refractivity contribution in [2.45, 2.75) is 13.8 Å². The quantitative estimate of drug-likeness (QED) is 0.571. The third-order valence-electron chi connectivity index (χ3n) is 3.38. The summed E-state index contributed by atoms with van der Waals surface area (Å²) in [5.41, 5.74) is 2.80. The Hall–Kier alpha value is -3.28. The maximum Gasteiger partial charge on any atom is 0.343 e. The van der Waals surface area contributed by atoms with Crippen LogP contribution in [0.15, 0.2) is 54.6 Å². The summed E-state index contributed by atoms with van der Waals surface area (Å²) in [5.74, 6) is -0.0475.